The van der Waals surface area contributed by atoms with E-state index in [9.17, 15) is 0 Å². The first-order chi connectivity index (χ1) is 3.13. The molecule has 8 heavy (non-hydrogen) atoms. The Hall–Kier alpha value is 1.23. The van der Waals surface area contributed by atoms with E-state index in [4.69, 9.17) is 21.6 Å². The quantitative estimate of drug-likeness (QED) is 0.386. The van der Waals surface area contributed by atoms with Crippen molar-refractivity contribution in [3.05, 3.63) is 0 Å². The zero-order valence-corrected chi connectivity index (χ0v) is 4.59. The molecule has 0 aromatic heterocycles. The van der Waals surface area contributed by atoms with Gasteiger partial charge in [0.1, 0.15) is 5.56 Å². The van der Waals surface area contributed by atoms with Gasteiger partial charge in [-0.3, -0.25) is 0 Å². The Morgan fingerprint density at radius 3 is 2.00 bits per heavy atom. The molecule has 0 aliphatic heterocycles. The standard InChI is InChI=1S/C2H6BClO3.Na.H/c1-2(4)7-3(5)6;;/h2,5-6H,1H3;;. The second-order valence-corrected chi connectivity index (χ2v) is 1.62. The van der Waals surface area contributed by atoms with Gasteiger partial charge in [0.2, 0.25) is 0 Å². The minimum absolute atomic E-state index is 0. The van der Waals surface area contributed by atoms with Crippen molar-refractivity contribution in [3.8, 4) is 0 Å². The summed E-state index contributed by atoms with van der Waals surface area (Å²) in [5.74, 6) is 0. The molecule has 0 rings (SSSR count). The molecule has 0 aromatic carbocycles. The van der Waals surface area contributed by atoms with E-state index in [0.29, 0.717) is 0 Å². The van der Waals surface area contributed by atoms with E-state index in [0.717, 1.165) is 0 Å². The molecule has 0 amide bonds. The van der Waals surface area contributed by atoms with Crippen LogP contribution in [0, 0.1) is 0 Å². The van der Waals surface area contributed by atoms with Gasteiger partial charge in [-0.05, 0) is 6.92 Å². The van der Waals surface area contributed by atoms with E-state index in [1.54, 1.807) is 0 Å². The Labute approximate surface area is 75.5 Å². The van der Waals surface area contributed by atoms with Crippen molar-refractivity contribution in [2.24, 2.45) is 0 Å². The molecule has 44 valence electrons. The molecule has 0 aliphatic carbocycles. The van der Waals surface area contributed by atoms with Crippen molar-refractivity contribution in [3.63, 3.8) is 0 Å². The van der Waals surface area contributed by atoms with Crippen LogP contribution in [0.5, 0.6) is 0 Å². The van der Waals surface area contributed by atoms with Crippen LogP contribution in [0.1, 0.15) is 6.92 Å². The van der Waals surface area contributed by atoms with Gasteiger partial charge in [0, 0.05) is 0 Å². The summed E-state index contributed by atoms with van der Waals surface area (Å²) in [6.07, 6.45) is 0. The number of alkyl halides is 1. The van der Waals surface area contributed by atoms with E-state index < -0.39 is 12.9 Å². The Bertz CT molecular complexity index is 46.5. The fourth-order valence-electron chi connectivity index (χ4n) is 0.168. The Morgan fingerprint density at radius 1 is 1.62 bits per heavy atom. The van der Waals surface area contributed by atoms with Crippen molar-refractivity contribution in [2.45, 2.75) is 12.5 Å². The van der Waals surface area contributed by atoms with Gasteiger partial charge in [0.05, 0.1) is 0 Å². The second kappa shape index (κ2) is 6.36. The summed E-state index contributed by atoms with van der Waals surface area (Å²) in [4.78, 5) is 0. The number of hydrogen-bond acceptors (Lipinski definition) is 3. The van der Waals surface area contributed by atoms with Crippen molar-refractivity contribution in [2.75, 3.05) is 0 Å². The van der Waals surface area contributed by atoms with Crippen LogP contribution in [0.2, 0.25) is 0 Å². The summed E-state index contributed by atoms with van der Waals surface area (Å²) < 4.78 is 4.13. The molecule has 0 bridgehead atoms. The number of rotatable bonds is 2. The molecule has 1 atom stereocenters. The monoisotopic (exact) mass is 148 g/mol. The molecule has 6 heteroatoms. The van der Waals surface area contributed by atoms with Gasteiger partial charge in [-0.25, -0.2) is 0 Å². The topological polar surface area (TPSA) is 49.7 Å². The van der Waals surface area contributed by atoms with Gasteiger partial charge in [0.15, 0.2) is 0 Å². The van der Waals surface area contributed by atoms with Gasteiger partial charge in [0.25, 0.3) is 0 Å². The fourth-order valence-corrected chi connectivity index (χ4v) is 0.260. The van der Waals surface area contributed by atoms with E-state index in [2.05, 4.69) is 4.65 Å². The third kappa shape index (κ3) is 10.3. The zero-order valence-electron chi connectivity index (χ0n) is 3.84. The first-order valence-electron chi connectivity index (χ1n) is 1.78. The normalized spacial score (nSPS) is 12.0. The molecule has 0 heterocycles. The second-order valence-electron chi connectivity index (χ2n) is 1.01. The van der Waals surface area contributed by atoms with E-state index in [1.165, 1.54) is 6.92 Å². The Kier molecular flexibility index (Phi) is 9.51. The first kappa shape index (κ1) is 12.0. The van der Waals surface area contributed by atoms with Crippen molar-refractivity contribution >= 4 is 48.5 Å². The molecule has 0 saturated carbocycles. The number of hydrogen-bond donors (Lipinski definition) is 2. The van der Waals surface area contributed by atoms with E-state index in [1.807, 2.05) is 0 Å². The van der Waals surface area contributed by atoms with Crippen LogP contribution in [0.4, 0.5) is 0 Å². The summed E-state index contributed by atoms with van der Waals surface area (Å²) >= 11 is 5.13. The predicted octanol–water partition coefficient (Wildman–Crippen LogP) is -1.09. The van der Waals surface area contributed by atoms with Gasteiger partial charge >= 0.3 is 36.9 Å². The van der Waals surface area contributed by atoms with Gasteiger partial charge in [-0.15, -0.1) is 0 Å². The molecule has 0 fully saturated rings. The minimum atomic E-state index is -1.76. The average molecular weight is 148 g/mol. The molecule has 0 radical (unpaired) electrons. The molecule has 0 aromatic rings. The molecule has 0 saturated heterocycles. The molecular formula is C2H7BClNaO3. The Morgan fingerprint density at radius 2 is 2.00 bits per heavy atom. The third-order valence-corrected chi connectivity index (χ3v) is 0.412. The van der Waals surface area contributed by atoms with E-state index >= 15 is 0 Å². The summed E-state index contributed by atoms with van der Waals surface area (Å²) in [7, 11) is -1.76. The summed E-state index contributed by atoms with van der Waals surface area (Å²) in [6.45, 7) is 1.49. The van der Waals surface area contributed by atoms with Crippen LogP contribution in [-0.2, 0) is 4.65 Å². The predicted molar refractivity (Wildman–Crippen MR) is 33.7 cm³/mol. The van der Waals surface area contributed by atoms with Gasteiger partial charge < -0.3 is 14.7 Å². The maximum atomic E-state index is 7.97. The third-order valence-electron chi connectivity index (χ3n) is 0.309. The SMILES string of the molecule is CC(Cl)OB(O)O.[NaH]. The van der Waals surface area contributed by atoms with Crippen LogP contribution in [0.3, 0.4) is 0 Å². The molecule has 2 N–H and O–H groups in total. The molecular weight excluding hydrogens is 141 g/mol. The summed E-state index contributed by atoms with van der Waals surface area (Å²) in [5, 5.41) is 15.9. The molecule has 1 unspecified atom stereocenters. The van der Waals surface area contributed by atoms with Gasteiger partial charge in [-0.2, -0.15) is 0 Å². The summed E-state index contributed by atoms with van der Waals surface area (Å²) in [5.41, 5.74) is -0.653. The zero-order chi connectivity index (χ0) is 5.86. The first-order valence-corrected chi connectivity index (χ1v) is 2.22. The van der Waals surface area contributed by atoms with Crippen LogP contribution in [0.15, 0.2) is 0 Å². The number of halogens is 1. The Balaban J connectivity index is 0. The maximum absolute atomic E-state index is 7.97. The van der Waals surface area contributed by atoms with Gasteiger partial charge in [-0.1, -0.05) is 11.6 Å². The van der Waals surface area contributed by atoms with Crippen LogP contribution in [0.25, 0.3) is 0 Å². The molecule has 0 spiro atoms. The fraction of sp³-hybridized carbons (Fsp3) is 1.00. The molecule has 3 nitrogen and oxygen atoms in total. The summed E-state index contributed by atoms with van der Waals surface area (Å²) in [6, 6.07) is 0. The average Bonchev–Trinajstić information content (AvgIpc) is 1.27. The van der Waals surface area contributed by atoms with Crippen LogP contribution >= 0.6 is 11.6 Å². The van der Waals surface area contributed by atoms with Crippen LogP contribution < -0.4 is 0 Å². The molecule has 0 aliphatic rings. The van der Waals surface area contributed by atoms with Crippen LogP contribution in [-0.4, -0.2) is 52.5 Å². The van der Waals surface area contributed by atoms with E-state index in [-0.39, 0.29) is 29.6 Å². The van der Waals surface area contributed by atoms with Crippen molar-refractivity contribution in [1.82, 2.24) is 0 Å². The van der Waals surface area contributed by atoms with Crippen molar-refractivity contribution in [1.29, 1.82) is 0 Å². The van der Waals surface area contributed by atoms with Crippen molar-refractivity contribution < 1.29 is 14.7 Å².